The molecule has 0 unspecified atom stereocenters. The molecule has 0 saturated heterocycles. The molecule has 17 heavy (non-hydrogen) atoms. The first-order valence-corrected chi connectivity index (χ1v) is 7.42. The van der Waals surface area contributed by atoms with Crippen LogP contribution in [0.5, 0.6) is 0 Å². The van der Waals surface area contributed by atoms with Crippen LogP contribution >= 0.6 is 15.9 Å². The van der Waals surface area contributed by atoms with Crippen LogP contribution in [0.1, 0.15) is 38.7 Å². The molecule has 0 spiro atoms. The van der Waals surface area contributed by atoms with E-state index in [0.29, 0.717) is 5.41 Å². The third kappa shape index (κ3) is 2.92. The Morgan fingerprint density at radius 3 is 2.47 bits per heavy atom. The lowest BCUT2D eigenvalue weighted by Crippen LogP contribution is -2.48. The lowest BCUT2D eigenvalue weighted by atomic mass is 9.59. The van der Waals surface area contributed by atoms with Crippen LogP contribution in [0.3, 0.4) is 0 Å². The van der Waals surface area contributed by atoms with E-state index < -0.39 is 0 Å². The maximum Gasteiger partial charge on any atom is 0.0175 e. The van der Waals surface area contributed by atoms with E-state index in [-0.39, 0.29) is 0 Å². The van der Waals surface area contributed by atoms with Crippen LogP contribution in [0.4, 0.5) is 0 Å². The maximum atomic E-state index is 3.60. The van der Waals surface area contributed by atoms with Gasteiger partial charge in [-0.25, -0.2) is 0 Å². The van der Waals surface area contributed by atoms with Crippen molar-refractivity contribution >= 4 is 15.9 Å². The Bertz CT molecular complexity index is 352. The van der Waals surface area contributed by atoms with Crippen LogP contribution in [0.25, 0.3) is 0 Å². The van der Waals surface area contributed by atoms with Crippen molar-refractivity contribution in [3.63, 3.8) is 0 Å². The molecule has 1 aromatic carbocycles. The van der Waals surface area contributed by atoms with Gasteiger partial charge in [-0.05, 0) is 49.4 Å². The van der Waals surface area contributed by atoms with Gasteiger partial charge in [0.1, 0.15) is 0 Å². The zero-order chi connectivity index (χ0) is 12.3. The van der Waals surface area contributed by atoms with Gasteiger partial charge >= 0.3 is 0 Å². The quantitative estimate of drug-likeness (QED) is 0.806. The van der Waals surface area contributed by atoms with E-state index in [1.54, 1.807) is 0 Å². The summed E-state index contributed by atoms with van der Waals surface area (Å²) in [5.74, 6) is 0.877. The molecule has 1 aliphatic rings. The van der Waals surface area contributed by atoms with Gasteiger partial charge in [0, 0.05) is 16.4 Å². The molecule has 2 rings (SSSR count). The molecule has 0 atom stereocenters. The molecule has 0 heterocycles. The fourth-order valence-corrected chi connectivity index (χ4v) is 3.33. The third-order valence-electron chi connectivity index (χ3n) is 3.83. The Morgan fingerprint density at radius 1 is 1.29 bits per heavy atom. The summed E-state index contributed by atoms with van der Waals surface area (Å²) in [6, 6.07) is 8.90. The molecular formula is C15H22BrN. The number of rotatable bonds is 5. The number of hydrogen-bond acceptors (Lipinski definition) is 1. The highest BCUT2D eigenvalue weighted by molar-refractivity contribution is 9.10. The average Bonchev–Trinajstić information content (AvgIpc) is 2.27. The summed E-state index contributed by atoms with van der Waals surface area (Å²) in [5.41, 5.74) is 1.90. The minimum Gasteiger partial charge on any atom is -0.316 e. The van der Waals surface area contributed by atoms with Crippen LogP contribution in [-0.4, -0.2) is 13.1 Å². The third-order valence-corrected chi connectivity index (χ3v) is 4.35. The van der Waals surface area contributed by atoms with Crippen molar-refractivity contribution in [2.75, 3.05) is 13.1 Å². The molecule has 0 amide bonds. The van der Waals surface area contributed by atoms with Gasteiger partial charge in [-0.2, -0.15) is 0 Å². The molecule has 1 N–H and O–H groups in total. The smallest absolute Gasteiger partial charge is 0.0175 e. The second-order valence-electron chi connectivity index (χ2n) is 5.48. The Hall–Kier alpha value is -0.340. The van der Waals surface area contributed by atoms with Gasteiger partial charge in [0.15, 0.2) is 0 Å². The van der Waals surface area contributed by atoms with Gasteiger partial charge in [0.2, 0.25) is 0 Å². The minimum atomic E-state index is 0.398. The van der Waals surface area contributed by atoms with Crippen molar-refractivity contribution in [3.05, 3.63) is 34.3 Å². The molecule has 1 nitrogen and oxygen atoms in total. The fourth-order valence-electron chi connectivity index (χ4n) is 3.06. The van der Waals surface area contributed by atoms with Crippen LogP contribution in [0.2, 0.25) is 0 Å². The first-order valence-electron chi connectivity index (χ1n) is 6.63. The summed E-state index contributed by atoms with van der Waals surface area (Å²) in [4.78, 5) is 0. The fraction of sp³-hybridized carbons (Fsp3) is 0.600. The summed E-state index contributed by atoms with van der Waals surface area (Å²) in [7, 11) is 0. The zero-order valence-corrected chi connectivity index (χ0v) is 12.4. The Kier molecular flexibility index (Phi) is 4.26. The molecule has 0 bridgehead atoms. The minimum absolute atomic E-state index is 0.398. The molecule has 1 saturated carbocycles. The number of halogens is 1. The lowest BCUT2D eigenvalue weighted by molar-refractivity contribution is 0.153. The second-order valence-corrected chi connectivity index (χ2v) is 6.39. The molecule has 1 aromatic rings. The van der Waals surface area contributed by atoms with E-state index in [1.807, 2.05) is 0 Å². The second kappa shape index (κ2) is 5.53. The maximum absolute atomic E-state index is 3.60. The molecular weight excluding hydrogens is 274 g/mol. The highest BCUT2D eigenvalue weighted by Crippen LogP contribution is 2.47. The molecule has 0 aromatic heterocycles. The van der Waals surface area contributed by atoms with Gasteiger partial charge in [0.25, 0.3) is 0 Å². The molecule has 0 radical (unpaired) electrons. The number of hydrogen-bond donors (Lipinski definition) is 1. The van der Waals surface area contributed by atoms with Crippen LogP contribution in [0.15, 0.2) is 28.7 Å². The van der Waals surface area contributed by atoms with E-state index in [1.165, 1.54) is 29.3 Å². The predicted molar refractivity (Wildman–Crippen MR) is 77.4 cm³/mol. The number of nitrogens with one attached hydrogen (secondary N) is 1. The van der Waals surface area contributed by atoms with Gasteiger partial charge < -0.3 is 5.32 Å². The van der Waals surface area contributed by atoms with Crippen molar-refractivity contribution < 1.29 is 0 Å². The molecule has 2 heteroatoms. The van der Waals surface area contributed by atoms with Crippen molar-refractivity contribution in [2.45, 2.75) is 38.5 Å². The Labute approximate surface area is 113 Å². The van der Waals surface area contributed by atoms with Gasteiger partial charge in [-0.1, -0.05) is 41.9 Å². The first kappa shape index (κ1) is 13.1. The summed E-state index contributed by atoms with van der Waals surface area (Å²) in [5, 5.41) is 3.60. The normalized spacial score (nSPS) is 27.8. The monoisotopic (exact) mass is 295 g/mol. The SMILES string of the molecule is CCCNCC1(c2ccc(Br)cc2)CC(C)C1. The molecule has 0 aliphatic heterocycles. The standard InChI is InChI=1S/C15H22BrN/c1-3-8-17-11-15(9-12(2)10-15)13-4-6-14(16)7-5-13/h4-7,12,17H,3,8-11H2,1-2H3. The van der Waals surface area contributed by atoms with Crippen molar-refractivity contribution in [1.29, 1.82) is 0 Å². The van der Waals surface area contributed by atoms with Crippen LogP contribution < -0.4 is 5.32 Å². The highest BCUT2D eigenvalue weighted by Gasteiger charge is 2.42. The molecule has 1 fully saturated rings. The van der Waals surface area contributed by atoms with Crippen LogP contribution in [0, 0.1) is 5.92 Å². The number of benzene rings is 1. The Morgan fingerprint density at radius 2 is 1.94 bits per heavy atom. The highest BCUT2D eigenvalue weighted by atomic mass is 79.9. The van der Waals surface area contributed by atoms with E-state index in [9.17, 15) is 0 Å². The van der Waals surface area contributed by atoms with Gasteiger partial charge in [-0.15, -0.1) is 0 Å². The van der Waals surface area contributed by atoms with E-state index >= 15 is 0 Å². The van der Waals surface area contributed by atoms with Gasteiger partial charge in [-0.3, -0.25) is 0 Å². The summed E-state index contributed by atoms with van der Waals surface area (Å²) < 4.78 is 1.17. The predicted octanol–water partition coefficient (Wildman–Crippen LogP) is 4.12. The van der Waals surface area contributed by atoms with E-state index in [0.717, 1.165) is 19.0 Å². The first-order chi connectivity index (χ1) is 8.16. The van der Waals surface area contributed by atoms with Crippen molar-refractivity contribution in [3.8, 4) is 0 Å². The molecule has 94 valence electrons. The average molecular weight is 296 g/mol. The summed E-state index contributed by atoms with van der Waals surface area (Å²) >= 11 is 3.51. The lowest BCUT2D eigenvalue weighted by Gasteiger charge is -2.47. The zero-order valence-electron chi connectivity index (χ0n) is 10.8. The van der Waals surface area contributed by atoms with Crippen molar-refractivity contribution in [1.82, 2.24) is 5.32 Å². The molecule has 1 aliphatic carbocycles. The Balaban J connectivity index is 2.08. The summed E-state index contributed by atoms with van der Waals surface area (Å²) in [6.45, 7) is 6.85. The van der Waals surface area contributed by atoms with Crippen molar-refractivity contribution in [2.24, 2.45) is 5.92 Å². The largest absolute Gasteiger partial charge is 0.316 e. The van der Waals surface area contributed by atoms with E-state index in [4.69, 9.17) is 0 Å². The topological polar surface area (TPSA) is 12.0 Å². The van der Waals surface area contributed by atoms with Gasteiger partial charge in [0.05, 0.1) is 0 Å². The van der Waals surface area contributed by atoms with Crippen LogP contribution in [-0.2, 0) is 5.41 Å². The summed E-state index contributed by atoms with van der Waals surface area (Å²) in [6.07, 6.45) is 3.86. The van der Waals surface area contributed by atoms with E-state index in [2.05, 4.69) is 59.4 Å².